The number of carbonyl (C=O) groups is 1. The second kappa shape index (κ2) is 8.08. The topological polar surface area (TPSA) is 129 Å². The Morgan fingerprint density at radius 3 is 2.94 bits per heavy atom. The Hall–Kier alpha value is -2.73. The molecule has 0 saturated carbocycles. The standard InChI is InChI=1S/C19H19BrN6O4S/c20-11-6-12-13(30-9-29-12)7-14(11)31-18-23-15-16(21)22-8-25(17(15)24-18)5-3-10-2-1-4-26(10)19(27)28/h6-8,10H,1-5,9,21H2,(H,27,28). The lowest BCUT2D eigenvalue weighted by molar-refractivity contribution is 0.137. The molecule has 4 aliphatic heterocycles. The predicted octanol–water partition coefficient (Wildman–Crippen LogP) is 3.54. The number of ether oxygens (including phenoxy) is 2. The quantitative estimate of drug-likeness (QED) is 0.533. The summed E-state index contributed by atoms with van der Waals surface area (Å²) in [6, 6.07) is 3.74. The molecular formula is C19H19BrN6O4S. The van der Waals surface area contributed by atoms with Crippen molar-refractivity contribution in [1.82, 2.24) is 24.4 Å². The number of halogens is 1. The second-order valence-electron chi connectivity index (χ2n) is 7.30. The van der Waals surface area contributed by atoms with E-state index in [1.54, 1.807) is 6.33 Å². The van der Waals surface area contributed by atoms with E-state index in [9.17, 15) is 9.90 Å². The van der Waals surface area contributed by atoms with Crippen LogP contribution in [0.3, 0.4) is 0 Å². The lowest BCUT2D eigenvalue weighted by Gasteiger charge is -2.22. The molecule has 5 rings (SSSR count). The molecule has 0 aromatic heterocycles. The first-order chi connectivity index (χ1) is 15.0. The minimum atomic E-state index is -0.867. The monoisotopic (exact) mass is 506 g/mol. The van der Waals surface area contributed by atoms with Gasteiger partial charge in [0.2, 0.25) is 6.79 Å². The number of anilines is 1. The number of benzene rings is 1. The minimum Gasteiger partial charge on any atom is -0.465 e. The molecule has 0 bridgehead atoms. The molecule has 0 spiro atoms. The van der Waals surface area contributed by atoms with Crippen molar-refractivity contribution in [2.45, 2.75) is 41.9 Å². The zero-order valence-corrected chi connectivity index (χ0v) is 18.7. The average molecular weight is 507 g/mol. The summed E-state index contributed by atoms with van der Waals surface area (Å²) in [6.07, 6.45) is 3.20. The normalized spacial score (nSPS) is 17.6. The van der Waals surface area contributed by atoms with Gasteiger partial charge in [-0.05, 0) is 59.1 Å². The molecule has 0 radical (unpaired) electrons. The maximum Gasteiger partial charge on any atom is 0.407 e. The molecule has 0 aliphatic carbocycles. The highest BCUT2D eigenvalue weighted by Crippen LogP contribution is 2.43. The van der Waals surface area contributed by atoms with Gasteiger partial charge in [0.25, 0.3) is 0 Å². The Balaban J connectivity index is 1.39. The van der Waals surface area contributed by atoms with Crippen LogP contribution in [0.25, 0.3) is 11.5 Å². The number of likely N-dealkylation sites (tertiary alicyclic amines) is 1. The molecule has 31 heavy (non-hydrogen) atoms. The van der Waals surface area contributed by atoms with Crippen molar-refractivity contribution >= 4 is 39.6 Å². The third kappa shape index (κ3) is 3.85. The van der Waals surface area contributed by atoms with E-state index in [2.05, 4.69) is 30.9 Å². The summed E-state index contributed by atoms with van der Waals surface area (Å²) in [5, 5.41) is 9.90. The van der Waals surface area contributed by atoms with Crippen LogP contribution in [0.5, 0.6) is 11.5 Å². The molecule has 4 aliphatic rings. The fourth-order valence-electron chi connectivity index (χ4n) is 3.89. The fraction of sp³-hybridized carbons (Fsp3) is 0.368. The molecule has 1 amide bonds. The van der Waals surface area contributed by atoms with Gasteiger partial charge in [-0.15, -0.1) is 0 Å². The maximum absolute atomic E-state index is 11.4. The van der Waals surface area contributed by atoms with E-state index in [0.29, 0.717) is 53.5 Å². The number of nitrogen functional groups attached to an aromatic ring is 1. The van der Waals surface area contributed by atoms with Crippen molar-refractivity contribution in [2.75, 3.05) is 19.1 Å². The molecule has 1 aromatic carbocycles. The van der Waals surface area contributed by atoms with Crippen molar-refractivity contribution in [3.05, 3.63) is 22.9 Å². The van der Waals surface area contributed by atoms with Crippen LogP contribution in [0, 0.1) is 0 Å². The summed E-state index contributed by atoms with van der Waals surface area (Å²) >= 11 is 4.94. The van der Waals surface area contributed by atoms with Crippen LogP contribution in [0.4, 0.5) is 10.6 Å². The molecular weight excluding hydrogens is 488 g/mol. The van der Waals surface area contributed by atoms with E-state index in [0.717, 1.165) is 22.2 Å². The summed E-state index contributed by atoms with van der Waals surface area (Å²) in [6.45, 7) is 1.37. The van der Waals surface area contributed by atoms with Gasteiger partial charge in [0, 0.05) is 28.5 Å². The fourth-order valence-corrected chi connectivity index (χ4v) is 5.25. The smallest absolute Gasteiger partial charge is 0.407 e. The zero-order chi connectivity index (χ0) is 21.5. The van der Waals surface area contributed by atoms with E-state index in [-0.39, 0.29) is 12.8 Å². The minimum absolute atomic E-state index is 0.000965. The van der Waals surface area contributed by atoms with Gasteiger partial charge in [-0.3, -0.25) is 0 Å². The first-order valence-electron chi connectivity index (χ1n) is 9.74. The van der Waals surface area contributed by atoms with Gasteiger partial charge in [-0.25, -0.2) is 19.7 Å². The Morgan fingerprint density at radius 1 is 1.32 bits per heavy atom. The van der Waals surface area contributed by atoms with Crippen LogP contribution >= 0.6 is 27.7 Å². The average Bonchev–Trinajstić information content (AvgIpc) is 3.47. The predicted molar refractivity (Wildman–Crippen MR) is 116 cm³/mol. The number of hydrogen-bond acceptors (Lipinski definition) is 8. The highest BCUT2D eigenvalue weighted by Gasteiger charge is 2.29. The van der Waals surface area contributed by atoms with Gasteiger partial charge in [0.15, 0.2) is 34.0 Å². The number of aromatic nitrogens is 4. The number of nitrogens with two attached hydrogens (primary N) is 1. The molecule has 4 heterocycles. The number of aryl methyl sites for hydroxylation is 1. The largest absolute Gasteiger partial charge is 0.465 e. The number of fused-ring (bicyclic) bond motifs is 2. The van der Waals surface area contributed by atoms with Gasteiger partial charge in [0.05, 0.1) is 6.33 Å². The summed E-state index contributed by atoms with van der Waals surface area (Å²) < 4.78 is 13.6. The number of imidazole rings is 1. The van der Waals surface area contributed by atoms with Crippen molar-refractivity contribution < 1.29 is 19.4 Å². The van der Waals surface area contributed by atoms with Crippen molar-refractivity contribution in [3.8, 4) is 23.0 Å². The molecule has 3 N–H and O–H groups in total. The summed E-state index contributed by atoms with van der Waals surface area (Å²) in [4.78, 5) is 27.3. The highest BCUT2D eigenvalue weighted by atomic mass is 79.9. The van der Waals surface area contributed by atoms with E-state index >= 15 is 0 Å². The number of rotatable bonds is 5. The van der Waals surface area contributed by atoms with Gasteiger partial charge in [-0.1, -0.05) is 0 Å². The van der Waals surface area contributed by atoms with Gasteiger partial charge in [-0.2, -0.15) is 0 Å². The molecule has 1 fully saturated rings. The van der Waals surface area contributed by atoms with Crippen LogP contribution in [0.15, 0.2) is 33.0 Å². The molecule has 1 aromatic rings. The molecule has 12 heteroatoms. The Labute approximate surface area is 190 Å². The zero-order valence-electron chi connectivity index (χ0n) is 16.3. The first kappa shape index (κ1) is 20.2. The Kier molecular flexibility index (Phi) is 5.26. The van der Waals surface area contributed by atoms with Crippen LogP contribution < -0.4 is 15.2 Å². The Morgan fingerprint density at radius 2 is 2.13 bits per heavy atom. The van der Waals surface area contributed by atoms with Crippen molar-refractivity contribution in [2.24, 2.45) is 0 Å². The van der Waals surface area contributed by atoms with E-state index in [4.69, 9.17) is 15.2 Å². The number of hydrogen-bond donors (Lipinski definition) is 2. The van der Waals surface area contributed by atoms with Gasteiger partial charge < -0.3 is 29.8 Å². The van der Waals surface area contributed by atoms with Crippen molar-refractivity contribution in [3.63, 3.8) is 0 Å². The van der Waals surface area contributed by atoms with Gasteiger partial charge in [0.1, 0.15) is 0 Å². The van der Waals surface area contributed by atoms with Gasteiger partial charge >= 0.3 is 6.09 Å². The lowest BCUT2D eigenvalue weighted by Crippen LogP contribution is -2.35. The SMILES string of the molecule is Nc1ncn(CCC2CCCN2C(=O)O)c2nc(Sc3cc4c(cc3Br)OCO4)nc1-2. The summed E-state index contributed by atoms with van der Waals surface area (Å²) in [5.74, 6) is 2.31. The number of amides is 1. The highest BCUT2D eigenvalue weighted by molar-refractivity contribution is 9.10. The summed E-state index contributed by atoms with van der Waals surface area (Å²) in [5.41, 5.74) is 6.58. The van der Waals surface area contributed by atoms with E-state index < -0.39 is 6.09 Å². The molecule has 162 valence electrons. The third-order valence-corrected chi connectivity index (χ3v) is 7.27. The third-order valence-electron chi connectivity index (χ3n) is 5.43. The van der Waals surface area contributed by atoms with Crippen LogP contribution in [0.1, 0.15) is 19.3 Å². The first-order valence-corrected chi connectivity index (χ1v) is 11.4. The summed E-state index contributed by atoms with van der Waals surface area (Å²) in [7, 11) is 0. The maximum atomic E-state index is 11.4. The van der Waals surface area contributed by atoms with Crippen molar-refractivity contribution in [1.29, 1.82) is 0 Å². The van der Waals surface area contributed by atoms with E-state index in [1.165, 1.54) is 16.7 Å². The molecule has 10 nitrogen and oxygen atoms in total. The van der Waals surface area contributed by atoms with Crippen LogP contribution in [-0.4, -0.2) is 55.0 Å². The molecule has 1 atom stereocenters. The Bertz CT molecular complexity index is 1130. The van der Waals surface area contributed by atoms with Crippen LogP contribution in [-0.2, 0) is 6.54 Å². The van der Waals surface area contributed by atoms with Crippen LogP contribution in [0.2, 0.25) is 0 Å². The molecule has 1 unspecified atom stereocenters. The number of nitrogens with zero attached hydrogens (tertiary/aromatic N) is 5. The lowest BCUT2D eigenvalue weighted by atomic mass is 10.1. The molecule has 1 saturated heterocycles. The second-order valence-corrected chi connectivity index (χ2v) is 9.16. The number of carboxylic acid groups (broad SMARTS) is 1. The van der Waals surface area contributed by atoms with E-state index in [1.807, 2.05) is 16.7 Å².